The van der Waals surface area contributed by atoms with Crippen molar-refractivity contribution >= 4 is 0 Å². The molecule has 1 fully saturated rings. The highest BCUT2D eigenvalue weighted by molar-refractivity contribution is 4.77. The van der Waals surface area contributed by atoms with Crippen LogP contribution in [0, 0.1) is 0 Å². The van der Waals surface area contributed by atoms with Gasteiger partial charge in [0.25, 0.3) is 0 Å². The molecule has 0 heterocycles. The van der Waals surface area contributed by atoms with Crippen molar-refractivity contribution in [1.82, 2.24) is 10.2 Å². The lowest BCUT2D eigenvalue weighted by Gasteiger charge is -2.29. The first-order valence-corrected chi connectivity index (χ1v) is 9.78. The summed E-state index contributed by atoms with van der Waals surface area (Å²) in [4.78, 5) is 2.35. The molecule has 0 radical (unpaired) electrons. The average Bonchev–Trinajstić information content (AvgIpc) is 2.58. The van der Waals surface area contributed by atoms with Crippen molar-refractivity contribution in [3.63, 3.8) is 0 Å². The molecule has 138 valence electrons. The van der Waals surface area contributed by atoms with Crippen molar-refractivity contribution in [3.8, 4) is 0 Å². The fourth-order valence-corrected chi connectivity index (χ4v) is 3.23. The van der Waals surface area contributed by atoms with Crippen molar-refractivity contribution in [2.45, 2.75) is 76.9 Å². The maximum absolute atomic E-state index is 6.06. The van der Waals surface area contributed by atoms with E-state index in [0.29, 0.717) is 6.10 Å². The van der Waals surface area contributed by atoms with E-state index in [1.165, 1.54) is 64.3 Å². The first-order chi connectivity index (χ1) is 11.3. The summed E-state index contributed by atoms with van der Waals surface area (Å²) in [5.74, 6) is 0. The molecule has 1 rings (SSSR count). The molecule has 0 unspecified atom stereocenters. The second-order valence-electron chi connectivity index (χ2n) is 7.01. The first kappa shape index (κ1) is 20.9. The van der Waals surface area contributed by atoms with E-state index >= 15 is 0 Å². The van der Waals surface area contributed by atoms with Crippen LogP contribution in [0.25, 0.3) is 0 Å². The summed E-state index contributed by atoms with van der Waals surface area (Å²) < 4.78 is 11.2. The minimum Gasteiger partial charge on any atom is -0.383 e. The normalized spacial score (nSPS) is 21.9. The van der Waals surface area contributed by atoms with E-state index in [-0.39, 0.29) is 0 Å². The van der Waals surface area contributed by atoms with E-state index in [1.807, 2.05) is 0 Å². The molecule has 0 saturated heterocycles. The second kappa shape index (κ2) is 14.2. The summed E-state index contributed by atoms with van der Waals surface area (Å²) in [6.45, 7) is 7.41. The van der Waals surface area contributed by atoms with E-state index in [4.69, 9.17) is 9.47 Å². The van der Waals surface area contributed by atoms with Gasteiger partial charge in [-0.25, -0.2) is 0 Å². The fraction of sp³-hybridized carbons (Fsp3) is 1.00. The summed E-state index contributed by atoms with van der Waals surface area (Å²) in [6.07, 6.45) is 11.9. The molecule has 0 amide bonds. The summed E-state index contributed by atoms with van der Waals surface area (Å²) in [5, 5.41) is 3.64. The summed E-state index contributed by atoms with van der Waals surface area (Å²) >= 11 is 0. The van der Waals surface area contributed by atoms with Crippen molar-refractivity contribution < 1.29 is 9.47 Å². The molecule has 0 spiro atoms. The number of hydrogen-bond donors (Lipinski definition) is 1. The molecule has 1 aliphatic carbocycles. The lowest BCUT2D eigenvalue weighted by Crippen LogP contribution is -2.35. The maximum atomic E-state index is 6.06. The van der Waals surface area contributed by atoms with Gasteiger partial charge in [-0.15, -0.1) is 0 Å². The Balaban J connectivity index is 1.86. The molecular formula is C19H40N2O2. The Morgan fingerprint density at radius 2 is 1.70 bits per heavy atom. The monoisotopic (exact) mass is 328 g/mol. The average molecular weight is 329 g/mol. The van der Waals surface area contributed by atoms with Crippen LogP contribution < -0.4 is 5.32 Å². The Morgan fingerprint density at radius 3 is 2.39 bits per heavy atom. The first-order valence-electron chi connectivity index (χ1n) is 9.78. The van der Waals surface area contributed by atoms with Crippen molar-refractivity contribution in [1.29, 1.82) is 0 Å². The number of methoxy groups -OCH3 is 1. The van der Waals surface area contributed by atoms with Crippen LogP contribution in [0.4, 0.5) is 0 Å². The molecule has 23 heavy (non-hydrogen) atoms. The van der Waals surface area contributed by atoms with Gasteiger partial charge >= 0.3 is 0 Å². The van der Waals surface area contributed by atoms with Crippen LogP contribution in [0.5, 0.6) is 0 Å². The lowest BCUT2D eigenvalue weighted by atomic mass is 9.93. The van der Waals surface area contributed by atoms with Gasteiger partial charge < -0.3 is 19.7 Å². The van der Waals surface area contributed by atoms with Crippen LogP contribution >= 0.6 is 0 Å². The van der Waals surface area contributed by atoms with Gasteiger partial charge in [-0.2, -0.15) is 0 Å². The van der Waals surface area contributed by atoms with Gasteiger partial charge in [0.1, 0.15) is 0 Å². The number of unbranched alkanes of at least 4 members (excludes halogenated alkanes) is 3. The van der Waals surface area contributed by atoms with Crippen LogP contribution in [-0.2, 0) is 9.47 Å². The van der Waals surface area contributed by atoms with Crippen LogP contribution in [0.1, 0.15) is 64.7 Å². The van der Waals surface area contributed by atoms with Crippen LogP contribution in [0.3, 0.4) is 0 Å². The van der Waals surface area contributed by atoms with Gasteiger partial charge in [-0.1, -0.05) is 19.8 Å². The van der Waals surface area contributed by atoms with E-state index in [1.54, 1.807) is 7.11 Å². The topological polar surface area (TPSA) is 33.7 Å². The molecule has 0 aromatic heterocycles. The van der Waals surface area contributed by atoms with Crippen molar-refractivity contribution in [2.75, 3.05) is 47.0 Å². The maximum Gasteiger partial charge on any atom is 0.0589 e. The Labute approximate surface area is 144 Å². The molecule has 0 aromatic carbocycles. The number of nitrogens with zero attached hydrogens (tertiary/aromatic N) is 1. The fourth-order valence-electron chi connectivity index (χ4n) is 3.23. The summed E-state index contributed by atoms with van der Waals surface area (Å²) in [6, 6.07) is 0.741. The predicted octanol–water partition coefficient (Wildman–Crippen LogP) is 3.45. The van der Waals surface area contributed by atoms with Gasteiger partial charge in [0.2, 0.25) is 0 Å². The van der Waals surface area contributed by atoms with E-state index in [2.05, 4.69) is 24.2 Å². The molecule has 4 nitrogen and oxygen atoms in total. The zero-order chi connectivity index (χ0) is 16.8. The van der Waals surface area contributed by atoms with Gasteiger partial charge in [-0.3, -0.25) is 0 Å². The lowest BCUT2D eigenvalue weighted by molar-refractivity contribution is 0.0204. The van der Waals surface area contributed by atoms with E-state index in [0.717, 1.165) is 32.3 Å². The Morgan fingerprint density at radius 1 is 0.957 bits per heavy atom. The van der Waals surface area contributed by atoms with Crippen molar-refractivity contribution in [2.24, 2.45) is 0 Å². The third-order valence-corrected chi connectivity index (χ3v) is 4.82. The summed E-state index contributed by atoms with van der Waals surface area (Å²) in [7, 11) is 3.94. The van der Waals surface area contributed by atoms with E-state index in [9.17, 15) is 0 Å². The highest BCUT2D eigenvalue weighted by atomic mass is 16.5. The number of rotatable bonds is 14. The highest BCUT2D eigenvalue weighted by Gasteiger charge is 2.20. The Kier molecular flexibility index (Phi) is 12.9. The molecule has 1 aliphatic rings. The summed E-state index contributed by atoms with van der Waals surface area (Å²) in [5.41, 5.74) is 0. The zero-order valence-corrected chi connectivity index (χ0v) is 15.8. The molecule has 0 bridgehead atoms. The minimum absolute atomic E-state index is 0.523. The second-order valence-corrected chi connectivity index (χ2v) is 7.01. The van der Waals surface area contributed by atoms with E-state index < -0.39 is 0 Å². The highest BCUT2D eigenvalue weighted by Crippen LogP contribution is 2.21. The number of nitrogens with one attached hydrogen (secondary N) is 1. The molecule has 1 saturated carbocycles. The number of hydrogen-bond acceptors (Lipinski definition) is 4. The quantitative estimate of drug-likeness (QED) is 0.495. The largest absolute Gasteiger partial charge is 0.383 e. The Bertz CT molecular complexity index is 256. The number of likely N-dealkylation sites (N-methyl/N-ethyl adjacent to an activating group) is 1. The zero-order valence-electron chi connectivity index (χ0n) is 15.8. The smallest absolute Gasteiger partial charge is 0.0589 e. The molecule has 0 aliphatic heterocycles. The van der Waals surface area contributed by atoms with Gasteiger partial charge in [-0.05, 0) is 65.1 Å². The minimum atomic E-state index is 0.523. The van der Waals surface area contributed by atoms with Gasteiger partial charge in [0, 0.05) is 26.3 Å². The third kappa shape index (κ3) is 11.1. The van der Waals surface area contributed by atoms with Crippen LogP contribution in [0.2, 0.25) is 0 Å². The molecule has 0 atom stereocenters. The SMILES string of the molecule is CCCN[C@H]1CC[C@H](OCCCCCCN(C)CCOC)CC1. The molecule has 4 heteroatoms. The van der Waals surface area contributed by atoms with Gasteiger partial charge in [0.15, 0.2) is 0 Å². The van der Waals surface area contributed by atoms with Crippen LogP contribution in [-0.4, -0.2) is 64.1 Å². The molecule has 0 aromatic rings. The molecular weight excluding hydrogens is 288 g/mol. The number of ether oxygens (including phenoxy) is 2. The predicted molar refractivity (Wildman–Crippen MR) is 98.1 cm³/mol. The van der Waals surface area contributed by atoms with Crippen molar-refractivity contribution in [3.05, 3.63) is 0 Å². The third-order valence-electron chi connectivity index (χ3n) is 4.82. The van der Waals surface area contributed by atoms with Gasteiger partial charge in [0.05, 0.1) is 12.7 Å². The molecule has 1 N–H and O–H groups in total. The Hall–Kier alpha value is -0.160. The standard InChI is InChI=1S/C19H40N2O2/c1-4-13-20-18-9-11-19(12-10-18)23-16-8-6-5-7-14-21(2)15-17-22-3/h18-20H,4-17H2,1-3H3/t18-,19-. The van der Waals surface area contributed by atoms with Crippen LogP contribution in [0.15, 0.2) is 0 Å².